The Bertz CT molecular complexity index is 974. The third kappa shape index (κ3) is 3.38. The van der Waals surface area contributed by atoms with Gasteiger partial charge in [0.25, 0.3) is 0 Å². The second-order valence-electron chi connectivity index (χ2n) is 6.34. The number of benzene rings is 1. The average Bonchev–Trinajstić information content (AvgIpc) is 3.34. The minimum Gasteiger partial charge on any atom is -0.468 e. The van der Waals surface area contributed by atoms with Crippen LogP contribution in [0.2, 0.25) is 0 Å². The van der Waals surface area contributed by atoms with Gasteiger partial charge in [-0.05, 0) is 37.1 Å². The van der Waals surface area contributed by atoms with Crippen LogP contribution >= 0.6 is 0 Å². The van der Waals surface area contributed by atoms with Gasteiger partial charge in [0.15, 0.2) is 0 Å². The number of fused-ring (bicyclic) bond motifs is 1. The number of ether oxygens (including phenoxy) is 1. The lowest BCUT2D eigenvalue weighted by molar-refractivity contribution is 0.0914. The first-order valence-electron chi connectivity index (χ1n) is 8.62. The molecule has 0 radical (unpaired) electrons. The zero-order valence-electron chi connectivity index (χ0n) is 14.2. The summed E-state index contributed by atoms with van der Waals surface area (Å²) in [6, 6.07) is 12.4. The normalized spacial score (nSPS) is 18.0. The molecule has 1 saturated heterocycles. The molecule has 1 unspecified atom stereocenters. The zero-order valence-corrected chi connectivity index (χ0v) is 15.1. The maximum absolute atomic E-state index is 13.4. The van der Waals surface area contributed by atoms with Crippen molar-refractivity contribution in [2.45, 2.75) is 30.4 Å². The van der Waals surface area contributed by atoms with E-state index in [0.29, 0.717) is 24.4 Å². The largest absolute Gasteiger partial charge is 0.468 e. The third-order valence-corrected chi connectivity index (χ3v) is 6.40. The van der Waals surface area contributed by atoms with Gasteiger partial charge in [-0.2, -0.15) is 4.31 Å². The van der Waals surface area contributed by atoms with Crippen LogP contribution in [0.4, 0.5) is 0 Å². The van der Waals surface area contributed by atoms with E-state index in [9.17, 15) is 8.42 Å². The van der Waals surface area contributed by atoms with Crippen molar-refractivity contribution in [3.8, 4) is 0 Å². The number of sulfonamides is 1. The van der Waals surface area contributed by atoms with Gasteiger partial charge in [-0.1, -0.05) is 18.2 Å². The first-order chi connectivity index (χ1) is 12.6. The summed E-state index contributed by atoms with van der Waals surface area (Å²) < 4.78 is 39.4. The van der Waals surface area contributed by atoms with Crippen LogP contribution in [0.1, 0.15) is 18.6 Å². The average molecular weight is 372 g/mol. The highest BCUT2D eigenvalue weighted by molar-refractivity contribution is 7.89. The van der Waals surface area contributed by atoms with E-state index >= 15 is 0 Å². The van der Waals surface area contributed by atoms with Crippen molar-refractivity contribution in [2.75, 3.05) is 13.2 Å². The van der Waals surface area contributed by atoms with E-state index in [1.807, 2.05) is 12.1 Å². The Labute approximate surface area is 152 Å². The molecule has 3 aromatic rings. The first-order valence-corrected chi connectivity index (χ1v) is 10.1. The molecule has 7 heteroatoms. The smallest absolute Gasteiger partial charge is 0.245 e. The van der Waals surface area contributed by atoms with Crippen molar-refractivity contribution in [2.24, 2.45) is 0 Å². The van der Waals surface area contributed by atoms with Gasteiger partial charge < -0.3 is 9.15 Å². The van der Waals surface area contributed by atoms with Crippen molar-refractivity contribution < 1.29 is 17.6 Å². The molecular formula is C19H20N2O4S. The minimum atomic E-state index is -3.76. The van der Waals surface area contributed by atoms with E-state index in [1.165, 1.54) is 4.31 Å². The van der Waals surface area contributed by atoms with Crippen LogP contribution < -0.4 is 0 Å². The molecule has 136 valence electrons. The number of nitrogens with zero attached hydrogens (tertiary/aromatic N) is 2. The van der Waals surface area contributed by atoms with Crippen molar-refractivity contribution in [1.29, 1.82) is 0 Å². The molecular weight excluding hydrogens is 352 g/mol. The molecule has 6 nitrogen and oxygen atoms in total. The van der Waals surface area contributed by atoms with Gasteiger partial charge in [0, 0.05) is 24.7 Å². The summed E-state index contributed by atoms with van der Waals surface area (Å²) in [5.74, 6) is 0.597. The van der Waals surface area contributed by atoms with Crippen molar-refractivity contribution in [1.82, 2.24) is 9.29 Å². The van der Waals surface area contributed by atoms with E-state index in [0.717, 1.165) is 18.2 Å². The van der Waals surface area contributed by atoms with Gasteiger partial charge in [-0.25, -0.2) is 8.42 Å². The molecule has 0 bridgehead atoms. The maximum atomic E-state index is 13.4. The molecule has 1 aromatic carbocycles. The van der Waals surface area contributed by atoms with Crippen LogP contribution in [0, 0.1) is 0 Å². The second-order valence-corrected chi connectivity index (χ2v) is 8.25. The lowest BCUT2D eigenvalue weighted by Gasteiger charge is -2.24. The summed E-state index contributed by atoms with van der Waals surface area (Å²) in [7, 11) is -3.76. The zero-order chi connectivity index (χ0) is 18.0. The second kappa shape index (κ2) is 7.19. The lowest BCUT2D eigenvalue weighted by atomic mass is 10.2. The number of para-hydroxylation sites is 1. The van der Waals surface area contributed by atoms with E-state index in [1.54, 1.807) is 42.8 Å². The number of hydrogen-bond acceptors (Lipinski definition) is 5. The highest BCUT2D eigenvalue weighted by Crippen LogP contribution is 2.27. The van der Waals surface area contributed by atoms with Gasteiger partial charge in [-0.15, -0.1) is 0 Å². The van der Waals surface area contributed by atoms with Crippen molar-refractivity contribution in [3.63, 3.8) is 0 Å². The quantitative estimate of drug-likeness (QED) is 0.664. The number of furan rings is 1. The Balaban J connectivity index is 1.74. The fourth-order valence-corrected chi connectivity index (χ4v) is 4.87. The predicted octanol–water partition coefficient (Wildman–Crippen LogP) is 3.20. The standard InChI is InChI=1S/C19H20N2O4S/c22-26(23,18-9-1-5-15-6-2-10-20-19(15)18)21(13-16-7-3-11-24-16)14-17-8-4-12-25-17/h1-3,5-7,9-11,17H,4,8,12-14H2. The van der Waals surface area contributed by atoms with E-state index < -0.39 is 10.0 Å². The molecule has 0 saturated carbocycles. The van der Waals surface area contributed by atoms with Crippen LogP contribution in [-0.4, -0.2) is 37.0 Å². The molecule has 0 aliphatic carbocycles. The molecule has 1 fully saturated rings. The molecule has 3 heterocycles. The number of pyridine rings is 1. The topological polar surface area (TPSA) is 72.6 Å². The fourth-order valence-electron chi connectivity index (χ4n) is 3.26. The highest BCUT2D eigenvalue weighted by atomic mass is 32.2. The van der Waals surface area contributed by atoms with Gasteiger partial charge in [0.05, 0.1) is 24.4 Å². The lowest BCUT2D eigenvalue weighted by Crippen LogP contribution is -2.37. The Morgan fingerprint density at radius 2 is 2.04 bits per heavy atom. The Kier molecular flexibility index (Phi) is 4.76. The van der Waals surface area contributed by atoms with Crippen LogP contribution in [-0.2, 0) is 21.3 Å². The molecule has 26 heavy (non-hydrogen) atoms. The molecule has 2 aromatic heterocycles. The molecule has 1 aliphatic rings. The molecule has 0 amide bonds. The van der Waals surface area contributed by atoms with E-state index in [2.05, 4.69) is 4.98 Å². The van der Waals surface area contributed by atoms with Crippen LogP contribution in [0.3, 0.4) is 0 Å². The van der Waals surface area contributed by atoms with Gasteiger partial charge in [0.2, 0.25) is 10.0 Å². The van der Waals surface area contributed by atoms with E-state index in [-0.39, 0.29) is 17.5 Å². The number of rotatable bonds is 6. The van der Waals surface area contributed by atoms with Gasteiger partial charge >= 0.3 is 0 Å². The highest BCUT2D eigenvalue weighted by Gasteiger charge is 2.31. The molecule has 4 rings (SSSR count). The third-order valence-electron chi connectivity index (χ3n) is 4.56. The fraction of sp³-hybridized carbons (Fsp3) is 0.316. The molecule has 1 atom stereocenters. The number of hydrogen-bond donors (Lipinski definition) is 0. The van der Waals surface area contributed by atoms with E-state index in [4.69, 9.17) is 9.15 Å². The maximum Gasteiger partial charge on any atom is 0.245 e. The summed E-state index contributed by atoms with van der Waals surface area (Å²) in [5.41, 5.74) is 0.479. The summed E-state index contributed by atoms with van der Waals surface area (Å²) >= 11 is 0. The summed E-state index contributed by atoms with van der Waals surface area (Å²) in [6.45, 7) is 1.14. The Morgan fingerprint density at radius 3 is 2.81 bits per heavy atom. The van der Waals surface area contributed by atoms with Crippen molar-refractivity contribution >= 4 is 20.9 Å². The summed E-state index contributed by atoms with van der Waals surface area (Å²) in [6.07, 6.45) is 4.87. The molecule has 0 N–H and O–H groups in total. The van der Waals surface area contributed by atoms with Crippen LogP contribution in [0.5, 0.6) is 0 Å². The monoisotopic (exact) mass is 372 g/mol. The van der Waals surface area contributed by atoms with Gasteiger partial charge in [-0.3, -0.25) is 4.98 Å². The SMILES string of the molecule is O=S(=O)(c1cccc2cccnc12)N(Cc1ccco1)CC1CCCO1. The minimum absolute atomic E-state index is 0.0947. The van der Waals surface area contributed by atoms with Crippen LogP contribution in [0.25, 0.3) is 10.9 Å². The Hall–Kier alpha value is -2.22. The van der Waals surface area contributed by atoms with Crippen LogP contribution in [0.15, 0.2) is 64.2 Å². The summed E-state index contributed by atoms with van der Waals surface area (Å²) in [4.78, 5) is 4.51. The van der Waals surface area contributed by atoms with Gasteiger partial charge in [0.1, 0.15) is 10.7 Å². The number of aromatic nitrogens is 1. The summed E-state index contributed by atoms with van der Waals surface area (Å²) in [5, 5.41) is 0.795. The molecule has 0 spiro atoms. The van der Waals surface area contributed by atoms with Crippen molar-refractivity contribution in [3.05, 3.63) is 60.7 Å². The predicted molar refractivity (Wildman–Crippen MR) is 97.0 cm³/mol. The first kappa shape index (κ1) is 17.2. The Morgan fingerprint density at radius 1 is 1.15 bits per heavy atom. The molecule has 1 aliphatic heterocycles.